The predicted molar refractivity (Wildman–Crippen MR) is 91.6 cm³/mol. The molecule has 1 aromatic carbocycles. The Kier molecular flexibility index (Phi) is 5.14. The van der Waals surface area contributed by atoms with Gasteiger partial charge in [-0.3, -0.25) is 4.79 Å². The van der Waals surface area contributed by atoms with Crippen LogP contribution in [0.4, 0.5) is 8.78 Å². The monoisotopic (exact) mass is 364 g/mol. The first-order valence-electron chi connectivity index (χ1n) is 8.57. The SMILES string of the molecule is C=CC[C@H]1C[C@]2([C@@H](C)Cc3cc(F)c(OC)cc3F)OCOC2=CC1=O. The zero-order valence-electron chi connectivity index (χ0n) is 14.9. The maximum atomic E-state index is 14.3. The van der Waals surface area contributed by atoms with Crippen LogP contribution in [0.3, 0.4) is 0 Å². The Morgan fingerprint density at radius 1 is 1.42 bits per heavy atom. The number of rotatable bonds is 6. The highest BCUT2D eigenvalue weighted by atomic mass is 19.1. The van der Waals surface area contributed by atoms with E-state index >= 15 is 0 Å². The van der Waals surface area contributed by atoms with E-state index in [1.54, 1.807) is 6.08 Å². The quantitative estimate of drug-likeness (QED) is 0.717. The smallest absolute Gasteiger partial charge is 0.189 e. The lowest BCUT2D eigenvalue weighted by molar-refractivity contribution is -0.123. The molecule has 3 atom stereocenters. The van der Waals surface area contributed by atoms with Gasteiger partial charge in [-0.1, -0.05) is 13.0 Å². The van der Waals surface area contributed by atoms with Crippen molar-refractivity contribution in [1.82, 2.24) is 0 Å². The van der Waals surface area contributed by atoms with Crippen LogP contribution in [0.2, 0.25) is 0 Å². The molecule has 1 aliphatic carbocycles. The molecule has 4 nitrogen and oxygen atoms in total. The summed E-state index contributed by atoms with van der Waals surface area (Å²) in [6, 6.07) is 2.19. The van der Waals surface area contributed by atoms with Gasteiger partial charge in [-0.05, 0) is 36.8 Å². The number of benzene rings is 1. The van der Waals surface area contributed by atoms with E-state index < -0.39 is 17.2 Å². The molecule has 0 amide bonds. The lowest BCUT2D eigenvalue weighted by atomic mass is 9.71. The van der Waals surface area contributed by atoms with Gasteiger partial charge in [0.2, 0.25) is 0 Å². The predicted octanol–water partition coefficient (Wildman–Crippen LogP) is 3.94. The van der Waals surface area contributed by atoms with Crippen molar-refractivity contribution < 1.29 is 27.8 Å². The van der Waals surface area contributed by atoms with Crippen molar-refractivity contribution >= 4 is 5.78 Å². The summed E-state index contributed by atoms with van der Waals surface area (Å²) in [7, 11) is 1.29. The van der Waals surface area contributed by atoms with Crippen molar-refractivity contribution in [2.75, 3.05) is 13.9 Å². The van der Waals surface area contributed by atoms with Crippen LogP contribution < -0.4 is 4.74 Å². The van der Waals surface area contributed by atoms with E-state index in [-0.39, 0.29) is 42.1 Å². The van der Waals surface area contributed by atoms with Crippen LogP contribution >= 0.6 is 0 Å². The highest BCUT2D eigenvalue weighted by Gasteiger charge is 2.51. The largest absolute Gasteiger partial charge is 0.494 e. The normalized spacial score (nSPS) is 25.9. The standard InChI is InChI=1S/C20H22F2O4/c1-4-5-13-10-20(19(9-17(13)23)25-11-26-20)12(2)6-14-7-16(22)18(24-3)8-15(14)21/h4,7-9,12-13H,1,5-6,10-11H2,2-3H3/t12-,13-,20+/m0/s1. The van der Waals surface area contributed by atoms with Crippen LogP contribution in [-0.2, 0) is 20.7 Å². The van der Waals surface area contributed by atoms with E-state index in [0.717, 1.165) is 12.1 Å². The van der Waals surface area contributed by atoms with Crippen LogP contribution in [0.5, 0.6) is 5.75 Å². The van der Waals surface area contributed by atoms with Gasteiger partial charge in [-0.25, -0.2) is 8.78 Å². The number of methoxy groups -OCH3 is 1. The summed E-state index contributed by atoms with van der Waals surface area (Å²) in [5.74, 6) is -1.30. The second kappa shape index (κ2) is 7.19. The number of fused-ring (bicyclic) bond motifs is 1. The number of carbonyl (C=O) groups excluding carboxylic acids is 1. The van der Waals surface area contributed by atoms with E-state index in [9.17, 15) is 13.6 Å². The lowest BCUT2D eigenvalue weighted by Gasteiger charge is -2.38. The molecule has 140 valence electrons. The van der Waals surface area contributed by atoms with Crippen molar-refractivity contribution in [3.8, 4) is 5.75 Å². The minimum atomic E-state index is -0.815. The van der Waals surface area contributed by atoms with Gasteiger partial charge in [0.1, 0.15) is 17.2 Å². The Hall–Kier alpha value is -2.21. The Balaban J connectivity index is 1.89. The summed E-state index contributed by atoms with van der Waals surface area (Å²) in [5.41, 5.74) is -0.582. The molecule has 0 saturated carbocycles. The van der Waals surface area contributed by atoms with Crippen LogP contribution in [0.1, 0.15) is 25.3 Å². The molecule has 0 unspecified atom stereocenters. The molecule has 0 bridgehead atoms. The van der Waals surface area contributed by atoms with E-state index in [4.69, 9.17) is 14.2 Å². The summed E-state index contributed by atoms with van der Waals surface area (Å²) < 4.78 is 44.6. The van der Waals surface area contributed by atoms with Crippen LogP contribution in [0.25, 0.3) is 0 Å². The fraction of sp³-hybridized carbons (Fsp3) is 0.450. The third kappa shape index (κ3) is 3.14. The van der Waals surface area contributed by atoms with Crippen molar-refractivity contribution in [2.24, 2.45) is 11.8 Å². The van der Waals surface area contributed by atoms with E-state index in [0.29, 0.717) is 18.6 Å². The fourth-order valence-corrected chi connectivity index (χ4v) is 3.79. The number of hydrogen-bond donors (Lipinski definition) is 0. The average Bonchev–Trinajstić information content (AvgIpc) is 3.02. The summed E-state index contributed by atoms with van der Waals surface area (Å²) >= 11 is 0. The van der Waals surface area contributed by atoms with Gasteiger partial charge in [-0.15, -0.1) is 6.58 Å². The number of carbonyl (C=O) groups is 1. The fourth-order valence-electron chi connectivity index (χ4n) is 3.79. The first-order valence-corrected chi connectivity index (χ1v) is 8.57. The molecule has 6 heteroatoms. The maximum absolute atomic E-state index is 14.3. The third-order valence-corrected chi connectivity index (χ3v) is 5.27. The average molecular weight is 364 g/mol. The molecule has 2 aliphatic rings. The Labute approximate surface area is 151 Å². The molecular weight excluding hydrogens is 342 g/mol. The van der Waals surface area contributed by atoms with Gasteiger partial charge in [0.15, 0.2) is 24.1 Å². The van der Waals surface area contributed by atoms with Crippen molar-refractivity contribution in [1.29, 1.82) is 0 Å². The topological polar surface area (TPSA) is 44.8 Å². The first-order chi connectivity index (χ1) is 12.4. The zero-order valence-corrected chi connectivity index (χ0v) is 14.9. The van der Waals surface area contributed by atoms with Crippen LogP contribution in [-0.4, -0.2) is 25.3 Å². The lowest BCUT2D eigenvalue weighted by Crippen LogP contribution is -2.45. The summed E-state index contributed by atoms with van der Waals surface area (Å²) in [6.07, 6.45) is 4.39. The number of halogens is 2. The van der Waals surface area contributed by atoms with E-state index in [1.807, 2.05) is 6.92 Å². The Morgan fingerprint density at radius 3 is 2.88 bits per heavy atom. The van der Waals surface area contributed by atoms with Crippen molar-refractivity contribution in [3.05, 3.63) is 53.8 Å². The summed E-state index contributed by atoms with van der Waals surface area (Å²) in [6.45, 7) is 5.64. The van der Waals surface area contributed by atoms with Gasteiger partial charge in [-0.2, -0.15) is 0 Å². The van der Waals surface area contributed by atoms with Gasteiger partial charge in [0, 0.05) is 18.1 Å². The molecule has 0 spiro atoms. The van der Waals surface area contributed by atoms with Crippen LogP contribution in [0, 0.1) is 23.5 Å². The van der Waals surface area contributed by atoms with Crippen molar-refractivity contribution in [3.63, 3.8) is 0 Å². The van der Waals surface area contributed by atoms with Gasteiger partial charge < -0.3 is 14.2 Å². The second-order valence-electron chi connectivity index (χ2n) is 6.82. The highest BCUT2D eigenvalue weighted by molar-refractivity contribution is 5.93. The highest BCUT2D eigenvalue weighted by Crippen LogP contribution is 2.46. The number of ether oxygens (including phenoxy) is 3. The van der Waals surface area contributed by atoms with Gasteiger partial charge >= 0.3 is 0 Å². The number of hydrogen-bond acceptors (Lipinski definition) is 4. The van der Waals surface area contributed by atoms with Gasteiger partial charge in [0.25, 0.3) is 0 Å². The zero-order chi connectivity index (χ0) is 18.9. The summed E-state index contributed by atoms with van der Waals surface area (Å²) in [4.78, 5) is 12.2. The molecule has 1 aliphatic heterocycles. The molecule has 1 saturated heterocycles. The minimum Gasteiger partial charge on any atom is -0.494 e. The Morgan fingerprint density at radius 2 is 2.19 bits per heavy atom. The molecule has 1 fully saturated rings. The molecule has 26 heavy (non-hydrogen) atoms. The maximum Gasteiger partial charge on any atom is 0.189 e. The summed E-state index contributed by atoms with van der Waals surface area (Å²) in [5, 5.41) is 0. The Bertz CT molecular complexity index is 758. The van der Waals surface area contributed by atoms with E-state index in [1.165, 1.54) is 13.2 Å². The number of ketones is 1. The molecule has 0 radical (unpaired) electrons. The molecule has 1 heterocycles. The second-order valence-corrected chi connectivity index (χ2v) is 6.82. The third-order valence-electron chi connectivity index (χ3n) is 5.27. The number of allylic oxidation sites excluding steroid dienone is 2. The van der Waals surface area contributed by atoms with Gasteiger partial charge in [0.05, 0.1) is 7.11 Å². The molecule has 0 N–H and O–H groups in total. The molecule has 0 aromatic heterocycles. The minimum absolute atomic E-state index is 0.0186. The van der Waals surface area contributed by atoms with Crippen molar-refractivity contribution in [2.45, 2.75) is 31.8 Å². The molecule has 3 rings (SSSR count). The molecular formula is C20H22F2O4. The first kappa shape index (κ1) is 18.6. The van der Waals surface area contributed by atoms with Crippen LogP contribution in [0.15, 0.2) is 36.6 Å². The molecule has 1 aromatic rings. The van der Waals surface area contributed by atoms with E-state index in [2.05, 4.69) is 6.58 Å².